The SMILES string of the molecule is CC.Cc1ccc(C[N+]2(O)CCN(C)CC2)cc1. The van der Waals surface area contributed by atoms with Crippen molar-refractivity contribution in [2.45, 2.75) is 27.3 Å². The highest BCUT2D eigenvalue weighted by Crippen LogP contribution is 2.15. The van der Waals surface area contributed by atoms with E-state index in [0.29, 0.717) is 0 Å². The number of hydroxylamine groups is 3. The highest BCUT2D eigenvalue weighted by molar-refractivity contribution is 5.20. The molecule has 0 amide bonds. The number of hydrogen-bond acceptors (Lipinski definition) is 2. The largest absolute Gasteiger partial charge is 0.295 e. The lowest BCUT2D eigenvalue weighted by Crippen LogP contribution is -2.56. The number of rotatable bonds is 2. The average Bonchev–Trinajstić information content (AvgIpc) is 2.39. The van der Waals surface area contributed by atoms with Gasteiger partial charge in [-0.2, -0.15) is 4.65 Å². The Bertz CT molecular complexity index is 340. The zero-order chi connectivity index (χ0) is 13.6. The first kappa shape index (κ1) is 15.2. The van der Waals surface area contributed by atoms with Gasteiger partial charge in [-0.15, -0.1) is 0 Å². The summed E-state index contributed by atoms with van der Waals surface area (Å²) < 4.78 is 0.188. The summed E-state index contributed by atoms with van der Waals surface area (Å²) in [7, 11) is 2.11. The van der Waals surface area contributed by atoms with Crippen LogP contribution in [0, 0.1) is 6.92 Å². The van der Waals surface area contributed by atoms with E-state index in [2.05, 4.69) is 43.1 Å². The first-order chi connectivity index (χ1) is 8.57. The number of piperazine rings is 1. The van der Waals surface area contributed by atoms with Gasteiger partial charge in [0.1, 0.15) is 19.6 Å². The van der Waals surface area contributed by atoms with E-state index in [0.717, 1.165) is 32.7 Å². The quantitative estimate of drug-likeness (QED) is 0.817. The van der Waals surface area contributed by atoms with Gasteiger partial charge >= 0.3 is 0 Å². The molecule has 1 aromatic rings. The zero-order valence-electron chi connectivity index (χ0n) is 12.2. The van der Waals surface area contributed by atoms with Crippen molar-refractivity contribution in [1.29, 1.82) is 0 Å². The molecule has 1 heterocycles. The molecule has 0 unspecified atom stereocenters. The van der Waals surface area contributed by atoms with Crippen molar-refractivity contribution in [2.24, 2.45) is 0 Å². The fraction of sp³-hybridized carbons (Fsp3) is 0.600. The second-order valence-electron chi connectivity index (χ2n) is 4.99. The van der Waals surface area contributed by atoms with Crippen LogP contribution in [-0.4, -0.2) is 48.0 Å². The molecule has 1 aromatic carbocycles. The molecule has 0 atom stereocenters. The predicted octanol–water partition coefficient (Wildman–Crippen LogP) is 2.67. The maximum absolute atomic E-state index is 10.4. The first-order valence-electron chi connectivity index (χ1n) is 6.90. The van der Waals surface area contributed by atoms with Crippen LogP contribution in [0.1, 0.15) is 25.0 Å². The minimum atomic E-state index is 0.188. The number of likely N-dealkylation sites (N-methyl/N-ethyl adjacent to an activating group) is 1. The van der Waals surface area contributed by atoms with Crippen molar-refractivity contribution in [3.8, 4) is 0 Å². The van der Waals surface area contributed by atoms with Crippen molar-refractivity contribution < 1.29 is 9.85 Å². The smallest absolute Gasteiger partial charge is 0.134 e. The Labute approximate surface area is 111 Å². The Kier molecular flexibility index (Phi) is 5.79. The molecule has 0 aliphatic carbocycles. The highest BCUT2D eigenvalue weighted by atomic mass is 16.5. The summed E-state index contributed by atoms with van der Waals surface area (Å²) in [6, 6.07) is 8.45. The highest BCUT2D eigenvalue weighted by Gasteiger charge is 2.30. The topological polar surface area (TPSA) is 23.5 Å². The van der Waals surface area contributed by atoms with Gasteiger partial charge < -0.3 is 0 Å². The van der Waals surface area contributed by atoms with Crippen LogP contribution in [0.4, 0.5) is 0 Å². The lowest BCUT2D eigenvalue weighted by molar-refractivity contribution is -1.11. The van der Waals surface area contributed by atoms with Crippen LogP contribution in [0.15, 0.2) is 24.3 Å². The van der Waals surface area contributed by atoms with E-state index in [-0.39, 0.29) is 4.65 Å². The van der Waals surface area contributed by atoms with Crippen LogP contribution >= 0.6 is 0 Å². The van der Waals surface area contributed by atoms with E-state index >= 15 is 0 Å². The van der Waals surface area contributed by atoms with Crippen molar-refractivity contribution in [3.05, 3.63) is 35.4 Å². The fourth-order valence-electron chi connectivity index (χ4n) is 2.13. The first-order valence-corrected chi connectivity index (χ1v) is 6.90. The third kappa shape index (κ3) is 4.41. The Hall–Kier alpha value is -0.900. The van der Waals surface area contributed by atoms with Crippen LogP contribution in [0.25, 0.3) is 0 Å². The summed E-state index contributed by atoms with van der Waals surface area (Å²) in [6.45, 7) is 10.4. The van der Waals surface area contributed by atoms with Gasteiger partial charge in [0.05, 0.1) is 13.1 Å². The molecule has 18 heavy (non-hydrogen) atoms. The molecule has 3 nitrogen and oxygen atoms in total. The Morgan fingerprint density at radius 1 is 1.11 bits per heavy atom. The van der Waals surface area contributed by atoms with Crippen LogP contribution < -0.4 is 0 Å². The molecule has 1 aliphatic heterocycles. The van der Waals surface area contributed by atoms with Gasteiger partial charge in [-0.3, -0.25) is 4.90 Å². The maximum Gasteiger partial charge on any atom is 0.134 e. The van der Waals surface area contributed by atoms with Crippen LogP contribution in [0.5, 0.6) is 0 Å². The lowest BCUT2D eigenvalue weighted by atomic mass is 10.1. The van der Waals surface area contributed by atoms with Gasteiger partial charge in [-0.05, 0) is 14.0 Å². The van der Waals surface area contributed by atoms with Crippen LogP contribution in [0.2, 0.25) is 0 Å². The molecule has 0 bridgehead atoms. The molecule has 1 fully saturated rings. The number of nitrogens with zero attached hydrogens (tertiary/aromatic N) is 2. The molecule has 102 valence electrons. The van der Waals surface area contributed by atoms with Gasteiger partial charge in [0.25, 0.3) is 0 Å². The molecular formula is C15H27N2O+. The second kappa shape index (κ2) is 6.88. The van der Waals surface area contributed by atoms with E-state index in [9.17, 15) is 5.21 Å². The number of quaternary nitrogens is 1. The van der Waals surface area contributed by atoms with Crippen molar-refractivity contribution >= 4 is 0 Å². The molecule has 2 rings (SSSR count). The average molecular weight is 251 g/mol. The van der Waals surface area contributed by atoms with Crippen molar-refractivity contribution in [2.75, 3.05) is 33.2 Å². The predicted molar refractivity (Wildman–Crippen MR) is 75.5 cm³/mol. The van der Waals surface area contributed by atoms with E-state index in [4.69, 9.17) is 0 Å². The van der Waals surface area contributed by atoms with Gasteiger partial charge in [-0.1, -0.05) is 43.7 Å². The van der Waals surface area contributed by atoms with Gasteiger partial charge in [0.2, 0.25) is 0 Å². The molecule has 1 N–H and O–H groups in total. The van der Waals surface area contributed by atoms with E-state index in [1.165, 1.54) is 11.1 Å². The Balaban J connectivity index is 0.000000771. The summed E-state index contributed by atoms with van der Waals surface area (Å²) in [5.41, 5.74) is 2.49. The maximum atomic E-state index is 10.4. The monoisotopic (exact) mass is 251 g/mol. The van der Waals surface area contributed by atoms with Gasteiger partial charge in [-0.25, -0.2) is 5.21 Å². The Morgan fingerprint density at radius 2 is 1.61 bits per heavy atom. The molecule has 1 saturated heterocycles. The van der Waals surface area contributed by atoms with Crippen LogP contribution in [0.3, 0.4) is 0 Å². The summed E-state index contributed by atoms with van der Waals surface area (Å²) in [5.74, 6) is 0. The third-order valence-corrected chi connectivity index (χ3v) is 3.39. The zero-order valence-corrected chi connectivity index (χ0v) is 12.2. The molecule has 0 aromatic heterocycles. The minimum absolute atomic E-state index is 0.188. The summed E-state index contributed by atoms with van der Waals surface area (Å²) >= 11 is 0. The normalized spacial score (nSPS) is 18.9. The minimum Gasteiger partial charge on any atom is -0.295 e. The molecule has 0 spiro atoms. The van der Waals surface area contributed by atoms with E-state index in [1.54, 1.807) is 0 Å². The van der Waals surface area contributed by atoms with Crippen molar-refractivity contribution in [3.63, 3.8) is 0 Å². The fourth-order valence-corrected chi connectivity index (χ4v) is 2.13. The van der Waals surface area contributed by atoms with Gasteiger partial charge in [0.15, 0.2) is 0 Å². The number of hydrogen-bond donors (Lipinski definition) is 1. The van der Waals surface area contributed by atoms with Crippen LogP contribution in [-0.2, 0) is 6.54 Å². The molecule has 0 saturated carbocycles. The third-order valence-electron chi connectivity index (χ3n) is 3.39. The standard InChI is InChI=1S/C13H21N2O.C2H6/c1-12-3-5-13(6-4-12)11-15(16)9-7-14(2)8-10-15;1-2/h3-6,16H,7-11H2,1-2H3;1-2H3/q+1;. The summed E-state index contributed by atoms with van der Waals surface area (Å²) in [6.07, 6.45) is 0. The second-order valence-corrected chi connectivity index (χ2v) is 4.99. The Morgan fingerprint density at radius 3 is 2.11 bits per heavy atom. The molecule has 0 radical (unpaired) electrons. The number of aryl methyl sites for hydroxylation is 1. The van der Waals surface area contributed by atoms with Crippen molar-refractivity contribution in [1.82, 2.24) is 4.90 Å². The molecule has 3 heteroatoms. The molecular weight excluding hydrogens is 224 g/mol. The lowest BCUT2D eigenvalue weighted by Gasteiger charge is -2.37. The van der Waals surface area contributed by atoms with Gasteiger partial charge in [0, 0.05) is 5.56 Å². The number of benzene rings is 1. The molecule has 1 aliphatic rings. The van der Waals surface area contributed by atoms with E-state index < -0.39 is 0 Å². The summed E-state index contributed by atoms with van der Waals surface area (Å²) in [5, 5.41) is 10.4. The van der Waals surface area contributed by atoms with E-state index in [1.807, 2.05) is 13.8 Å². The summed E-state index contributed by atoms with van der Waals surface area (Å²) in [4.78, 5) is 2.27.